The summed E-state index contributed by atoms with van der Waals surface area (Å²) in [5, 5.41) is 10.8. The van der Waals surface area contributed by atoms with Crippen LogP contribution in [0, 0.1) is 5.41 Å². The van der Waals surface area contributed by atoms with Gasteiger partial charge in [0.1, 0.15) is 0 Å². The summed E-state index contributed by atoms with van der Waals surface area (Å²) in [5.41, 5.74) is 1.87. The normalized spacial score (nSPS) is 12.6. The van der Waals surface area contributed by atoms with Gasteiger partial charge in [-0.05, 0) is 11.5 Å². The maximum atomic E-state index is 9.82. The van der Waals surface area contributed by atoms with Crippen LogP contribution in [-0.2, 0) is 0 Å². The Morgan fingerprint density at radius 1 is 1.29 bits per heavy atom. The van der Waals surface area contributed by atoms with E-state index in [1.54, 1.807) is 6.21 Å². The predicted molar refractivity (Wildman–Crippen MR) is 71.9 cm³/mol. The van der Waals surface area contributed by atoms with E-state index >= 15 is 0 Å². The maximum absolute atomic E-state index is 9.82. The molecule has 0 bridgehead atoms. The van der Waals surface area contributed by atoms with Crippen LogP contribution in [-0.4, -0.2) is 22.8 Å². The number of aromatic amines is 1. The van der Waals surface area contributed by atoms with Gasteiger partial charge in [-0.25, -0.2) is 0 Å². The van der Waals surface area contributed by atoms with Crippen LogP contribution in [0.25, 0.3) is 10.9 Å². The van der Waals surface area contributed by atoms with E-state index in [0.717, 1.165) is 23.0 Å². The van der Waals surface area contributed by atoms with Gasteiger partial charge < -0.3 is 10.1 Å². The Balaban J connectivity index is 2.32. The summed E-state index contributed by atoms with van der Waals surface area (Å²) in [6.07, 6.45) is 1.75. The highest BCUT2D eigenvalue weighted by Crippen LogP contribution is 2.25. The van der Waals surface area contributed by atoms with Crippen LogP contribution in [0.5, 0.6) is 5.88 Å². The summed E-state index contributed by atoms with van der Waals surface area (Å²) < 4.78 is 0. The number of para-hydroxylation sites is 1. The third-order valence-electron chi connectivity index (χ3n) is 2.51. The summed E-state index contributed by atoms with van der Waals surface area (Å²) in [7, 11) is 0. The molecule has 0 radical (unpaired) electrons. The first-order valence-electron chi connectivity index (χ1n) is 5.77. The second kappa shape index (κ2) is 4.24. The molecule has 1 aromatic carbocycles. The Labute approximate surface area is 101 Å². The third kappa shape index (κ3) is 2.67. The first-order chi connectivity index (χ1) is 7.97. The van der Waals surface area contributed by atoms with Crippen molar-refractivity contribution in [1.82, 2.24) is 4.98 Å². The van der Waals surface area contributed by atoms with Gasteiger partial charge in [0.05, 0.1) is 5.56 Å². The minimum atomic E-state index is 0.165. The number of benzene rings is 1. The fraction of sp³-hybridized carbons (Fsp3) is 0.357. The average Bonchev–Trinajstić information content (AvgIpc) is 2.54. The van der Waals surface area contributed by atoms with Gasteiger partial charge in [-0.15, -0.1) is 0 Å². The molecule has 2 aromatic rings. The van der Waals surface area contributed by atoms with Crippen molar-refractivity contribution in [1.29, 1.82) is 0 Å². The van der Waals surface area contributed by atoms with Gasteiger partial charge in [0.25, 0.3) is 0 Å². The van der Waals surface area contributed by atoms with E-state index in [-0.39, 0.29) is 11.3 Å². The topological polar surface area (TPSA) is 48.4 Å². The lowest BCUT2D eigenvalue weighted by molar-refractivity contribution is 0.430. The SMILES string of the molecule is CC(C)(C)CN=Cc1c(O)[nH]c2ccccc12. The van der Waals surface area contributed by atoms with Crippen molar-refractivity contribution in [3.05, 3.63) is 29.8 Å². The zero-order valence-corrected chi connectivity index (χ0v) is 10.5. The quantitative estimate of drug-likeness (QED) is 0.764. The third-order valence-corrected chi connectivity index (χ3v) is 2.51. The number of aromatic nitrogens is 1. The molecule has 1 aromatic heterocycles. The van der Waals surface area contributed by atoms with Crippen LogP contribution in [0.2, 0.25) is 0 Å². The van der Waals surface area contributed by atoms with Crippen molar-refractivity contribution in [2.45, 2.75) is 20.8 Å². The van der Waals surface area contributed by atoms with Gasteiger partial charge in [-0.2, -0.15) is 0 Å². The van der Waals surface area contributed by atoms with Gasteiger partial charge in [0.2, 0.25) is 0 Å². The number of nitrogens with zero attached hydrogens (tertiary/aromatic N) is 1. The van der Waals surface area contributed by atoms with Crippen LogP contribution in [0.15, 0.2) is 29.3 Å². The van der Waals surface area contributed by atoms with E-state index < -0.39 is 0 Å². The molecule has 2 N–H and O–H groups in total. The summed E-state index contributed by atoms with van der Waals surface area (Å²) in [6, 6.07) is 7.81. The van der Waals surface area contributed by atoms with E-state index in [0.29, 0.717) is 0 Å². The fourth-order valence-electron chi connectivity index (χ4n) is 1.69. The van der Waals surface area contributed by atoms with E-state index in [1.165, 1.54) is 0 Å². The lowest BCUT2D eigenvalue weighted by Crippen LogP contribution is -2.09. The van der Waals surface area contributed by atoms with Gasteiger partial charge in [0, 0.05) is 23.7 Å². The molecule has 2 rings (SSSR count). The Hall–Kier alpha value is -1.77. The van der Waals surface area contributed by atoms with E-state index in [9.17, 15) is 5.11 Å². The minimum Gasteiger partial charge on any atom is -0.494 e. The molecule has 3 nitrogen and oxygen atoms in total. The lowest BCUT2D eigenvalue weighted by atomic mass is 9.97. The average molecular weight is 230 g/mol. The largest absolute Gasteiger partial charge is 0.494 e. The highest BCUT2D eigenvalue weighted by Gasteiger charge is 2.10. The van der Waals surface area contributed by atoms with E-state index in [4.69, 9.17) is 0 Å². The van der Waals surface area contributed by atoms with Crippen LogP contribution < -0.4 is 0 Å². The molecule has 0 atom stereocenters. The summed E-state index contributed by atoms with van der Waals surface area (Å²) >= 11 is 0. The monoisotopic (exact) mass is 230 g/mol. The molecular formula is C14H18N2O. The zero-order valence-electron chi connectivity index (χ0n) is 10.5. The number of H-pyrrole nitrogens is 1. The smallest absolute Gasteiger partial charge is 0.198 e. The predicted octanol–water partition coefficient (Wildman–Crippen LogP) is 3.34. The molecule has 0 fully saturated rings. The maximum Gasteiger partial charge on any atom is 0.198 e. The van der Waals surface area contributed by atoms with Crippen molar-refractivity contribution in [2.24, 2.45) is 10.4 Å². The first-order valence-corrected chi connectivity index (χ1v) is 5.77. The summed E-state index contributed by atoms with van der Waals surface area (Å²) in [4.78, 5) is 7.33. The molecule has 0 saturated heterocycles. The second-order valence-electron chi connectivity index (χ2n) is 5.46. The van der Waals surface area contributed by atoms with Crippen LogP contribution in [0.1, 0.15) is 26.3 Å². The number of fused-ring (bicyclic) bond motifs is 1. The number of hydrogen-bond donors (Lipinski definition) is 2. The second-order valence-corrected chi connectivity index (χ2v) is 5.46. The molecule has 17 heavy (non-hydrogen) atoms. The lowest BCUT2D eigenvalue weighted by Gasteiger charge is -2.13. The zero-order chi connectivity index (χ0) is 12.5. The fourth-order valence-corrected chi connectivity index (χ4v) is 1.69. The Bertz CT molecular complexity index is 547. The van der Waals surface area contributed by atoms with Crippen LogP contribution in [0.3, 0.4) is 0 Å². The standard InChI is InChI=1S/C14H18N2O/c1-14(2,3)9-15-8-11-10-6-4-5-7-12(10)16-13(11)17/h4-8,16-17H,9H2,1-3H3. The molecule has 0 spiro atoms. The van der Waals surface area contributed by atoms with Crippen molar-refractivity contribution >= 4 is 17.1 Å². The van der Waals surface area contributed by atoms with Crippen molar-refractivity contribution < 1.29 is 5.11 Å². The molecule has 3 heteroatoms. The van der Waals surface area contributed by atoms with E-state index in [2.05, 4.69) is 30.7 Å². The van der Waals surface area contributed by atoms with Crippen molar-refractivity contribution in [3.63, 3.8) is 0 Å². The van der Waals surface area contributed by atoms with Crippen molar-refractivity contribution in [3.8, 4) is 5.88 Å². The minimum absolute atomic E-state index is 0.165. The Morgan fingerprint density at radius 2 is 2.00 bits per heavy atom. The van der Waals surface area contributed by atoms with Gasteiger partial charge >= 0.3 is 0 Å². The Morgan fingerprint density at radius 3 is 2.71 bits per heavy atom. The molecule has 0 aliphatic carbocycles. The van der Waals surface area contributed by atoms with Gasteiger partial charge in [-0.3, -0.25) is 4.99 Å². The highest BCUT2D eigenvalue weighted by atomic mass is 16.3. The number of hydrogen-bond acceptors (Lipinski definition) is 2. The molecular weight excluding hydrogens is 212 g/mol. The van der Waals surface area contributed by atoms with Gasteiger partial charge in [-0.1, -0.05) is 39.0 Å². The van der Waals surface area contributed by atoms with Gasteiger partial charge in [0.15, 0.2) is 5.88 Å². The molecule has 90 valence electrons. The van der Waals surface area contributed by atoms with Crippen molar-refractivity contribution in [2.75, 3.05) is 6.54 Å². The molecule has 0 amide bonds. The molecule has 0 unspecified atom stereocenters. The van der Waals surface area contributed by atoms with E-state index in [1.807, 2.05) is 24.3 Å². The molecule has 0 saturated carbocycles. The summed E-state index contributed by atoms with van der Waals surface area (Å²) in [6.45, 7) is 7.16. The number of aromatic hydroxyl groups is 1. The Kier molecular flexibility index (Phi) is 2.92. The highest BCUT2D eigenvalue weighted by molar-refractivity contribution is 6.01. The van der Waals surface area contributed by atoms with Crippen LogP contribution >= 0.6 is 0 Å². The molecule has 1 heterocycles. The number of rotatable bonds is 2. The molecule has 0 aliphatic rings. The number of aliphatic imine (C=N–C) groups is 1. The first kappa shape index (κ1) is 11.7. The molecule has 0 aliphatic heterocycles. The number of nitrogens with one attached hydrogen (secondary N) is 1. The summed E-state index contributed by atoms with van der Waals surface area (Å²) in [5.74, 6) is 0.184. The van der Waals surface area contributed by atoms with Crippen LogP contribution in [0.4, 0.5) is 0 Å².